The summed E-state index contributed by atoms with van der Waals surface area (Å²) in [6, 6.07) is 13.1. The summed E-state index contributed by atoms with van der Waals surface area (Å²) in [4.78, 5) is 12.3. The van der Waals surface area contributed by atoms with Crippen molar-refractivity contribution in [1.82, 2.24) is 14.9 Å². The molecule has 2 N–H and O–H groups in total. The zero-order valence-corrected chi connectivity index (χ0v) is 17.4. The quantitative estimate of drug-likeness (QED) is 0.742. The van der Waals surface area contributed by atoms with Crippen LogP contribution < -0.4 is 10.6 Å². The molecule has 0 aromatic heterocycles. The maximum absolute atomic E-state index is 12.7. The summed E-state index contributed by atoms with van der Waals surface area (Å²) in [7, 11) is -3.58. The van der Waals surface area contributed by atoms with Crippen LogP contribution in [0.2, 0.25) is 10.0 Å². The number of hydrogen-bond donors (Lipinski definition) is 2. The summed E-state index contributed by atoms with van der Waals surface area (Å²) in [6.45, 7) is 1.08. The second kappa shape index (κ2) is 9.13. The van der Waals surface area contributed by atoms with Gasteiger partial charge in [-0.3, -0.25) is 0 Å². The van der Waals surface area contributed by atoms with Crippen LogP contribution in [0.1, 0.15) is 18.4 Å². The molecule has 0 bridgehead atoms. The van der Waals surface area contributed by atoms with Crippen LogP contribution >= 0.6 is 23.2 Å². The molecule has 1 aliphatic rings. The molecule has 6 nitrogen and oxygen atoms in total. The molecular weight excluding hydrogens is 421 g/mol. The van der Waals surface area contributed by atoms with Crippen molar-refractivity contribution in [3.05, 3.63) is 64.1 Å². The number of benzene rings is 2. The molecule has 1 heterocycles. The highest BCUT2D eigenvalue weighted by molar-refractivity contribution is 7.89. The second-order valence-corrected chi connectivity index (χ2v) is 9.40. The van der Waals surface area contributed by atoms with Crippen LogP contribution in [0.15, 0.2) is 53.4 Å². The SMILES string of the molecule is O=C(NCc1ccc(Cl)cc1)NC1CCN(S(=O)(=O)c2cccc(Cl)c2)CC1. The van der Waals surface area contributed by atoms with Gasteiger partial charge in [-0.2, -0.15) is 4.31 Å². The van der Waals surface area contributed by atoms with Gasteiger partial charge in [-0.15, -0.1) is 0 Å². The molecule has 0 radical (unpaired) electrons. The number of rotatable bonds is 5. The van der Waals surface area contributed by atoms with Crippen LogP contribution in [0.4, 0.5) is 4.79 Å². The summed E-state index contributed by atoms with van der Waals surface area (Å²) in [5, 5.41) is 6.73. The largest absolute Gasteiger partial charge is 0.335 e. The first-order valence-electron chi connectivity index (χ1n) is 8.89. The van der Waals surface area contributed by atoms with Crippen LogP contribution in [-0.4, -0.2) is 37.9 Å². The third kappa shape index (κ3) is 5.38. The number of carbonyl (C=O) groups excluding carboxylic acids is 1. The monoisotopic (exact) mass is 441 g/mol. The minimum atomic E-state index is -3.58. The molecule has 0 saturated carbocycles. The van der Waals surface area contributed by atoms with Crippen molar-refractivity contribution in [2.24, 2.45) is 0 Å². The predicted molar refractivity (Wildman–Crippen MR) is 110 cm³/mol. The molecule has 9 heteroatoms. The molecule has 0 aliphatic carbocycles. The number of carbonyl (C=O) groups is 1. The van der Waals surface area contributed by atoms with Gasteiger partial charge < -0.3 is 10.6 Å². The third-order valence-corrected chi connectivity index (χ3v) is 6.97. The topological polar surface area (TPSA) is 78.5 Å². The van der Waals surface area contributed by atoms with E-state index in [9.17, 15) is 13.2 Å². The maximum atomic E-state index is 12.7. The Morgan fingerprint density at radius 3 is 2.36 bits per heavy atom. The smallest absolute Gasteiger partial charge is 0.315 e. The molecule has 0 unspecified atom stereocenters. The van der Waals surface area contributed by atoms with E-state index in [4.69, 9.17) is 23.2 Å². The Hall–Kier alpha value is -1.80. The molecule has 0 spiro atoms. The van der Waals surface area contributed by atoms with Crippen LogP contribution in [0.3, 0.4) is 0 Å². The summed E-state index contributed by atoms with van der Waals surface area (Å²) < 4.78 is 26.9. The lowest BCUT2D eigenvalue weighted by molar-refractivity contribution is 0.227. The first kappa shape index (κ1) is 20.9. The zero-order chi connectivity index (χ0) is 20.1. The van der Waals surface area contributed by atoms with Gasteiger partial charge in [-0.25, -0.2) is 13.2 Å². The second-order valence-electron chi connectivity index (χ2n) is 6.59. The normalized spacial score (nSPS) is 15.9. The van der Waals surface area contributed by atoms with E-state index in [1.165, 1.54) is 16.4 Å². The summed E-state index contributed by atoms with van der Waals surface area (Å²) in [6.07, 6.45) is 1.10. The van der Waals surface area contributed by atoms with Crippen molar-refractivity contribution in [1.29, 1.82) is 0 Å². The van der Waals surface area contributed by atoms with Gasteiger partial charge in [0, 0.05) is 35.7 Å². The highest BCUT2D eigenvalue weighted by Gasteiger charge is 2.30. The fraction of sp³-hybridized carbons (Fsp3) is 0.316. The number of hydrogen-bond acceptors (Lipinski definition) is 3. The molecule has 0 atom stereocenters. The van der Waals surface area contributed by atoms with E-state index < -0.39 is 10.0 Å². The van der Waals surface area contributed by atoms with Gasteiger partial charge in [0.15, 0.2) is 0 Å². The molecular formula is C19H21Cl2N3O3S. The lowest BCUT2D eigenvalue weighted by Crippen LogP contribution is -2.48. The summed E-state index contributed by atoms with van der Waals surface area (Å²) in [5.41, 5.74) is 0.946. The standard InChI is InChI=1S/C19H21Cl2N3O3S/c20-15-6-4-14(5-7-15)13-22-19(25)23-17-8-10-24(11-9-17)28(26,27)18-3-1-2-16(21)12-18/h1-7,12,17H,8-11,13H2,(H2,22,23,25). The van der Waals surface area contributed by atoms with E-state index in [1.807, 2.05) is 12.1 Å². The molecule has 1 aliphatic heterocycles. The molecule has 2 aromatic rings. The zero-order valence-electron chi connectivity index (χ0n) is 15.1. The molecule has 28 heavy (non-hydrogen) atoms. The number of piperidine rings is 1. The fourth-order valence-corrected chi connectivity index (χ4v) is 4.94. The first-order chi connectivity index (χ1) is 13.3. The number of nitrogens with one attached hydrogen (secondary N) is 2. The summed E-state index contributed by atoms with van der Waals surface area (Å²) >= 11 is 11.7. The van der Waals surface area contributed by atoms with Crippen molar-refractivity contribution < 1.29 is 13.2 Å². The van der Waals surface area contributed by atoms with Gasteiger partial charge in [-0.05, 0) is 48.7 Å². The number of nitrogens with zero attached hydrogens (tertiary/aromatic N) is 1. The fourth-order valence-electron chi connectivity index (χ4n) is 3.04. The molecule has 1 saturated heterocycles. The van der Waals surface area contributed by atoms with Crippen LogP contribution in [0.5, 0.6) is 0 Å². The maximum Gasteiger partial charge on any atom is 0.315 e. The first-order valence-corrected chi connectivity index (χ1v) is 11.1. The van der Waals surface area contributed by atoms with E-state index >= 15 is 0 Å². The highest BCUT2D eigenvalue weighted by Crippen LogP contribution is 2.23. The van der Waals surface area contributed by atoms with Crippen LogP contribution in [-0.2, 0) is 16.6 Å². The Labute approximate surface area is 174 Å². The Balaban J connectivity index is 1.48. The van der Waals surface area contributed by atoms with Gasteiger partial charge in [-0.1, -0.05) is 41.4 Å². The van der Waals surface area contributed by atoms with Crippen molar-refractivity contribution in [3.63, 3.8) is 0 Å². The Morgan fingerprint density at radius 2 is 1.71 bits per heavy atom. The van der Waals surface area contributed by atoms with Gasteiger partial charge in [0.25, 0.3) is 0 Å². The van der Waals surface area contributed by atoms with Crippen molar-refractivity contribution in [2.45, 2.75) is 30.3 Å². The van der Waals surface area contributed by atoms with E-state index in [2.05, 4.69) is 10.6 Å². The number of sulfonamides is 1. The van der Waals surface area contributed by atoms with Gasteiger partial charge in [0.1, 0.15) is 0 Å². The Kier molecular flexibility index (Phi) is 6.82. The van der Waals surface area contributed by atoms with Crippen molar-refractivity contribution >= 4 is 39.3 Å². The van der Waals surface area contributed by atoms with Crippen molar-refractivity contribution in [2.75, 3.05) is 13.1 Å². The van der Waals surface area contributed by atoms with Gasteiger partial charge in [0.2, 0.25) is 10.0 Å². The number of urea groups is 1. The van der Waals surface area contributed by atoms with E-state index in [1.54, 1.807) is 24.3 Å². The average molecular weight is 442 g/mol. The lowest BCUT2D eigenvalue weighted by Gasteiger charge is -2.31. The Bertz CT molecular complexity index is 928. The minimum absolute atomic E-state index is 0.0731. The molecule has 1 fully saturated rings. The van der Waals surface area contributed by atoms with E-state index in [-0.39, 0.29) is 17.0 Å². The molecule has 150 valence electrons. The van der Waals surface area contributed by atoms with E-state index in [0.29, 0.717) is 42.5 Å². The predicted octanol–water partition coefficient (Wildman–Crippen LogP) is 3.65. The average Bonchev–Trinajstić information content (AvgIpc) is 2.68. The molecule has 2 aromatic carbocycles. The van der Waals surface area contributed by atoms with Crippen LogP contribution in [0.25, 0.3) is 0 Å². The highest BCUT2D eigenvalue weighted by atomic mass is 35.5. The number of halogens is 2. The lowest BCUT2D eigenvalue weighted by atomic mass is 10.1. The van der Waals surface area contributed by atoms with Gasteiger partial charge in [0.05, 0.1) is 4.90 Å². The van der Waals surface area contributed by atoms with Crippen LogP contribution in [0, 0.1) is 0 Å². The third-order valence-electron chi connectivity index (χ3n) is 4.59. The molecule has 3 rings (SSSR count). The van der Waals surface area contributed by atoms with Crippen molar-refractivity contribution in [3.8, 4) is 0 Å². The summed E-state index contributed by atoms with van der Waals surface area (Å²) in [5.74, 6) is 0. The van der Waals surface area contributed by atoms with E-state index in [0.717, 1.165) is 5.56 Å². The minimum Gasteiger partial charge on any atom is -0.335 e. The molecule has 2 amide bonds. The number of amides is 2. The van der Waals surface area contributed by atoms with Gasteiger partial charge >= 0.3 is 6.03 Å². The Morgan fingerprint density at radius 1 is 1.04 bits per heavy atom.